The van der Waals surface area contributed by atoms with E-state index in [1.165, 1.54) is 6.08 Å². The van der Waals surface area contributed by atoms with Crippen LogP contribution in [-0.4, -0.2) is 70.9 Å². The van der Waals surface area contributed by atoms with E-state index < -0.39 is 17.3 Å². The zero-order valence-electron chi connectivity index (χ0n) is 14.9. The van der Waals surface area contributed by atoms with Crippen molar-refractivity contribution >= 4 is 17.8 Å². The molecule has 3 rings (SSSR count). The summed E-state index contributed by atoms with van der Waals surface area (Å²) in [6.07, 6.45) is -2.22. The van der Waals surface area contributed by atoms with Crippen LogP contribution in [0, 0.1) is 5.41 Å². The number of aromatic nitrogens is 2. The van der Waals surface area contributed by atoms with Crippen LogP contribution < -0.4 is 4.90 Å². The fourth-order valence-electron chi connectivity index (χ4n) is 3.37. The van der Waals surface area contributed by atoms with Gasteiger partial charge in [0.1, 0.15) is 5.69 Å². The Balaban J connectivity index is 1.59. The summed E-state index contributed by atoms with van der Waals surface area (Å²) in [7, 11) is 0. The zero-order valence-corrected chi connectivity index (χ0v) is 14.9. The Morgan fingerprint density at radius 1 is 1.19 bits per heavy atom. The van der Waals surface area contributed by atoms with Crippen molar-refractivity contribution in [3.63, 3.8) is 0 Å². The maximum atomic E-state index is 12.8. The highest BCUT2D eigenvalue weighted by molar-refractivity contribution is 5.91. The summed E-state index contributed by atoms with van der Waals surface area (Å²) in [5.74, 6) is -0.249. The highest BCUT2D eigenvalue weighted by atomic mass is 19.4. The van der Waals surface area contributed by atoms with E-state index in [-0.39, 0.29) is 17.8 Å². The average molecular weight is 383 g/mol. The average Bonchev–Trinajstić information content (AvgIpc) is 2.64. The zero-order chi connectivity index (χ0) is 19.8. The van der Waals surface area contributed by atoms with Crippen LogP contribution in [0.1, 0.15) is 12.6 Å². The molecular weight excluding hydrogens is 363 g/mol. The highest BCUT2D eigenvalue weighted by Crippen LogP contribution is 2.33. The van der Waals surface area contributed by atoms with E-state index in [0.29, 0.717) is 39.3 Å². The Bertz CT molecular complexity index is 753. The first-order valence-corrected chi connectivity index (χ1v) is 8.50. The van der Waals surface area contributed by atoms with Crippen LogP contribution in [0.4, 0.5) is 19.1 Å². The van der Waals surface area contributed by atoms with Gasteiger partial charge >= 0.3 is 6.18 Å². The molecule has 2 saturated heterocycles. The number of likely N-dealkylation sites (tertiary alicyclic amines) is 1. The van der Waals surface area contributed by atoms with Crippen molar-refractivity contribution in [3.05, 3.63) is 30.6 Å². The first kappa shape index (κ1) is 19.1. The standard InChI is InChI=1S/C17H20F3N5O2/c1-3-13(26)25-10-16(2,11-25)14(27)23-6-8-24(9-7-23)15-21-5-4-12(22-15)17(18,19)20/h3-5H,1,6-11H2,2H3. The number of nitrogens with zero attached hydrogens (tertiary/aromatic N) is 5. The van der Waals surface area contributed by atoms with Gasteiger partial charge in [-0.1, -0.05) is 6.58 Å². The smallest absolute Gasteiger partial charge is 0.339 e. The van der Waals surface area contributed by atoms with Crippen molar-refractivity contribution in [2.45, 2.75) is 13.1 Å². The number of piperazine rings is 1. The molecule has 0 aromatic carbocycles. The molecule has 0 atom stereocenters. The summed E-state index contributed by atoms with van der Waals surface area (Å²) < 4.78 is 38.4. The van der Waals surface area contributed by atoms with E-state index in [0.717, 1.165) is 12.3 Å². The molecule has 1 aromatic rings. The summed E-state index contributed by atoms with van der Waals surface area (Å²) in [5.41, 5.74) is -1.62. The van der Waals surface area contributed by atoms with Gasteiger partial charge in [-0.05, 0) is 19.1 Å². The molecule has 1 aromatic heterocycles. The Kier molecular flexibility index (Phi) is 4.83. The van der Waals surface area contributed by atoms with Gasteiger partial charge in [0.15, 0.2) is 0 Å². The molecule has 146 valence electrons. The maximum absolute atomic E-state index is 12.8. The maximum Gasteiger partial charge on any atom is 0.433 e. The molecule has 2 aliphatic rings. The molecule has 0 spiro atoms. The van der Waals surface area contributed by atoms with Crippen molar-refractivity contribution in [3.8, 4) is 0 Å². The summed E-state index contributed by atoms with van der Waals surface area (Å²) in [6.45, 7) is 7.34. The second-order valence-corrected chi connectivity index (χ2v) is 6.98. The van der Waals surface area contributed by atoms with Crippen molar-refractivity contribution < 1.29 is 22.8 Å². The van der Waals surface area contributed by atoms with E-state index in [1.807, 2.05) is 6.92 Å². The lowest BCUT2D eigenvalue weighted by atomic mass is 9.80. The van der Waals surface area contributed by atoms with Gasteiger partial charge < -0.3 is 14.7 Å². The molecule has 0 aliphatic carbocycles. The number of amides is 2. The van der Waals surface area contributed by atoms with Crippen molar-refractivity contribution in [2.75, 3.05) is 44.2 Å². The topological polar surface area (TPSA) is 69.6 Å². The molecule has 2 amide bonds. The predicted octanol–water partition coefficient (Wildman–Crippen LogP) is 1.18. The van der Waals surface area contributed by atoms with Gasteiger partial charge in [-0.15, -0.1) is 0 Å². The van der Waals surface area contributed by atoms with E-state index in [1.54, 1.807) is 14.7 Å². The van der Waals surface area contributed by atoms with Crippen LogP contribution in [0.3, 0.4) is 0 Å². The molecule has 0 saturated carbocycles. The van der Waals surface area contributed by atoms with E-state index in [4.69, 9.17) is 0 Å². The van der Waals surface area contributed by atoms with E-state index in [9.17, 15) is 22.8 Å². The van der Waals surface area contributed by atoms with E-state index in [2.05, 4.69) is 16.5 Å². The Hall–Kier alpha value is -2.65. The van der Waals surface area contributed by atoms with Crippen LogP contribution in [0.2, 0.25) is 0 Å². The molecule has 0 radical (unpaired) electrons. The Labute approximate surface area is 154 Å². The Morgan fingerprint density at radius 2 is 1.81 bits per heavy atom. The fraction of sp³-hybridized carbons (Fsp3) is 0.529. The minimum Gasteiger partial charge on any atom is -0.339 e. The van der Waals surface area contributed by atoms with Gasteiger partial charge in [0.25, 0.3) is 0 Å². The monoisotopic (exact) mass is 383 g/mol. The fourth-order valence-corrected chi connectivity index (χ4v) is 3.37. The number of carbonyl (C=O) groups is 2. The molecule has 3 heterocycles. The molecule has 7 nitrogen and oxygen atoms in total. The first-order valence-electron chi connectivity index (χ1n) is 8.50. The molecule has 27 heavy (non-hydrogen) atoms. The van der Waals surface area contributed by atoms with Gasteiger partial charge in [-0.2, -0.15) is 13.2 Å². The van der Waals surface area contributed by atoms with Crippen LogP contribution in [0.25, 0.3) is 0 Å². The number of anilines is 1. The molecular formula is C17H20F3N5O2. The summed E-state index contributed by atoms with van der Waals surface area (Å²) in [4.78, 5) is 36.7. The largest absolute Gasteiger partial charge is 0.433 e. The van der Waals surface area contributed by atoms with Crippen molar-refractivity contribution in [1.29, 1.82) is 0 Å². The lowest BCUT2D eigenvalue weighted by molar-refractivity contribution is -0.157. The molecule has 0 unspecified atom stereocenters. The van der Waals surface area contributed by atoms with Gasteiger partial charge in [0, 0.05) is 45.5 Å². The molecule has 2 fully saturated rings. The van der Waals surface area contributed by atoms with Crippen LogP contribution in [-0.2, 0) is 15.8 Å². The number of rotatable bonds is 3. The second-order valence-electron chi connectivity index (χ2n) is 6.98. The van der Waals surface area contributed by atoms with Gasteiger partial charge in [0.05, 0.1) is 5.41 Å². The minimum absolute atomic E-state index is 0.00883. The first-order chi connectivity index (χ1) is 12.6. The third kappa shape index (κ3) is 3.74. The summed E-state index contributed by atoms with van der Waals surface area (Å²) in [6, 6.07) is 0.830. The van der Waals surface area contributed by atoms with Crippen molar-refractivity contribution in [2.24, 2.45) is 5.41 Å². The van der Waals surface area contributed by atoms with Gasteiger partial charge in [0.2, 0.25) is 17.8 Å². The SMILES string of the molecule is C=CC(=O)N1CC(C)(C(=O)N2CCN(c3nccc(C(F)(F)F)n3)CC2)C1. The van der Waals surface area contributed by atoms with Gasteiger partial charge in [-0.25, -0.2) is 9.97 Å². The number of halogens is 3. The molecule has 0 N–H and O–H groups in total. The lowest BCUT2D eigenvalue weighted by Crippen LogP contribution is -2.65. The van der Waals surface area contributed by atoms with E-state index >= 15 is 0 Å². The van der Waals surface area contributed by atoms with Crippen LogP contribution >= 0.6 is 0 Å². The quantitative estimate of drug-likeness (QED) is 0.733. The van der Waals surface area contributed by atoms with Crippen LogP contribution in [0.15, 0.2) is 24.9 Å². The normalized spacial score (nSPS) is 19.5. The van der Waals surface area contributed by atoms with Crippen LogP contribution in [0.5, 0.6) is 0 Å². The number of hydrogen-bond acceptors (Lipinski definition) is 5. The Morgan fingerprint density at radius 3 is 2.37 bits per heavy atom. The summed E-state index contributed by atoms with van der Waals surface area (Å²) in [5, 5.41) is 0. The van der Waals surface area contributed by atoms with Gasteiger partial charge in [-0.3, -0.25) is 9.59 Å². The molecule has 10 heteroatoms. The third-order valence-corrected chi connectivity index (χ3v) is 4.87. The molecule has 2 aliphatic heterocycles. The number of carbonyl (C=O) groups excluding carboxylic acids is 2. The second kappa shape index (κ2) is 6.82. The van der Waals surface area contributed by atoms with Crippen molar-refractivity contribution in [1.82, 2.24) is 19.8 Å². The summed E-state index contributed by atoms with van der Waals surface area (Å²) >= 11 is 0. The number of alkyl halides is 3. The lowest BCUT2D eigenvalue weighted by Gasteiger charge is -2.49. The predicted molar refractivity (Wildman–Crippen MR) is 90.7 cm³/mol. The highest BCUT2D eigenvalue weighted by Gasteiger charge is 2.48. The molecule has 0 bridgehead atoms. The minimum atomic E-state index is -4.52. The number of hydrogen-bond donors (Lipinski definition) is 0. The third-order valence-electron chi connectivity index (χ3n) is 4.87.